The first-order valence-corrected chi connectivity index (χ1v) is 8.25. The van der Waals surface area contributed by atoms with Crippen LogP contribution in [0.4, 0.5) is 0 Å². The van der Waals surface area contributed by atoms with E-state index in [0.717, 1.165) is 19.3 Å². The second-order valence-corrected chi connectivity index (χ2v) is 7.55. The Morgan fingerprint density at radius 1 is 1.30 bits per heavy atom. The molecule has 6 heteroatoms. The van der Waals surface area contributed by atoms with Crippen molar-refractivity contribution in [1.29, 1.82) is 0 Å². The number of carboxylic acids is 1. The maximum absolute atomic E-state index is 12.0. The van der Waals surface area contributed by atoms with E-state index in [1.54, 1.807) is 0 Å². The molecule has 0 aliphatic heterocycles. The van der Waals surface area contributed by atoms with Crippen molar-refractivity contribution in [3.8, 4) is 0 Å². The van der Waals surface area contributed by atoms with Gasteiger partial charge in [-0.25, -0.2) is 17.9 Å². The van der Waals surface area contributed by atoms with Crippen molar-refractivity contribution < 1.29 is 18.3 Å². The molecule has 1 aliphatic rings. The van der Waals surface area contributed by atoms with Crippen LogP contribution >= 0.6 is 0 Å². The number of aromatic carboxylic acids is 1. The SMILES string of the molecule is CC1(CNS(=O)(=O)Cc2ccc(C(=O)O)cc2)CCC1. The minimum atomic E-state index is -3.37. The first kappa shape index (κ1) is 15.0. The maximum atomic E-state index is 12.0. The summed E-state index contributed by atoms with van der Waals surface area (Å²) in [5, 5.41) is 8.79. The third-order valence-corrected chi connectivity index (χ3v) is 5.13. The molecule has 20 heavy (non-hydrogen) atoms. The summed E-state index contributed by atoms with van der Waals surface area (Å²) in [4.78, 5) is 10.7. The molecule has 0 radical (unpaired) electrons. The molecule has 0 atom stereocenters. The van der Waals surface area contributed by atoms with E-state index in [4.69, 9.17) is 5.11 Å². The molecule has 5 nitrogen and oxygen atoms in total. The Kier molecular flexibility index (Phi) is 4.15. The number of hydrogen-bond acceptors (Lipinski definition) is 3. The average Bonchev–Trinajstić information content (AvgIpc) is 2.34. The fourth-order valence-corrected chi connectivity index (χ4v) is 3.56. The fraction of sp³-hybridized carbons (Fsp3) is 0.500. The molecule has 0 spiro atoms. The Morgan fingerprint density at radius 3 is 2.35 bits per heavy atom. The summed E-state index contributed by atoms with van der Waals surface area (Å²) in [5.41, 5.74) is 0.836. The van der Waals surface area contributed by atoms with Crippen LogP contribution in [0.15, 0.2) is 24.3 Å². The highest BCUT2D eigenvalue weighted by atomic mass is 32.2. The first-order chi connectivity index (χ1) is 9.30. The van der Waals surface area contributed by atoms with Gasteiger partial charge in [0.05, 0.1) is 11.3 Å². The molecule has 2 rings (SSSR count). The van der Waals surface area contributed by atoms with Gasteiger partial charge in [-0.3, -0.25) is 0 Å². The Morgan fingerprint density at radius 2 is 1.90 bits per heavy atom. The molecule has 1 aliphatic carbocycles. The van der Waals surface area contributed by atoms with Gasteiger partial charge in [0.1, 0.15) is 0 Å². The van der Waals surface area contributed by atoms with Crippen molar-refractivity contribution in [3.63, 3.8) is 0 Å². The summed E-state index contributed by atoms with van der Waals surface area (Å²) in [6.07, 6.45) is 3.28. The summed E-state index contributed by atoms with van der Waals surface area (Å²) < 4.78 is 26.6. The summed E-state index contributed by atoms with van der Waals surface area (Å²) >= 11 is 0. The molecule has 110 valence electrons. The molecular weight excluding hydrogens is 278 g/mol. The number of hydrogen-bond donors (Lipinski definition) is 2. The number of carboxylic acid groups (broad SMARTS) is 1. The maximum Gasteiger partial charge on any atom is 0.335 e. The standard InChI is InChI=1S/C14H19NO4S/c1-14(7-2-8-14)10-15-20(18,19)9-11-3-5-12(6-4-11)13(16)17/h3-6,15H,2,7-10H2,1H3,(H,16,17). The van der Waals surface area contributed by atoms with Gasteiger partial charge in [0, 0.05) is 6.54 Å². The quantitative estimate of drug-likeness (QED) is 0.841. The van der Waals surface area contributed by atoms with Crippen LogP contribution in [0.5, 0.6) is 0 Å². The molecule has 0 amide bonds. The molecule has 1 aromatic carbocycles. The van der Waals surface area contributed by atoms with E-state index >= 15 is 0 Å². The molecular formula is C14H19NO4S. The second kappa shape index (κ2) is 5.54. The van der Waals surface area contributed by atoms with Crippen LogP contribution in [0.2, 0.25) is 0 Å². The minimum Gasteiger partial charge on any atom is -0.478 e. The van der Waals surface area contributed by atoms with Crippen LogP contribution in [0, 0.1) is 5.41 Å². The molecule has 0 heterocycles. The van der Waals surface area contributed by atoms with Gasteiger partial charge in [-0.05, 0) is 36.0 Å². The molecule has 1 aromatic rings. The second-order valence-electron chi connectivity index (χ2n) is 5.75. The Labute approximate surface area is 119 Å². The topological polar surface area (TPSA) is 83.5 Å². The molecule has 0 bridgehead atoms. The van der Waals surface area contributed by atoms with E-state index in [1.807, 2.05) is 0 Å². The third-order valence-electron chi connectivity index (χ3n) is 3.84. The Balaban J connectivity index is 1.95. The summed E-state index contributed by atoms with van der Waals surface area (Å²) in [6.45, 7) is 2.56. The van der Waals surface area contributed by atoms with Crippen LogP contribution in [0.25, 0.3) is 0 Å². The van der Waals surface area contributed by atoms with Crippen molar-refractivity contribution in [3.05, 3.63) is 35.4 Å². The van der Waals surface area contributed by atoms with Gasteiger partial charge in [0.15, 0.2) is 0 Å². The summed E-state index contributed by atoms with van der Waals surface area (Å²) in [7, 11) is -3.37. The molecule has 2 N–H and O–H groups in total. The largest absolute Gasteiger partial charge is 0.478 e. The molecule has 1 fully saturated rings. The van der Waals surface area contributed by atoms with Crippen molar-refractivity contribution in [2.45, 2.75) is 31.9 Å². The van der Waals surface area contributed by atoms with Crippen molar-refractivity contribution >= 4 is 16.0 Å². The van der Waals surface area contributed by atoms with Gasteiger partial charge in [-0.1, -0.05) is 25.5 Å². The van der Waals surface area contributed by atoms with Gasteiger partial charge >= 0.3 is 5.97 Å². The molecule has 1 saturated carbocycles. The van der Waals surface area contributed by atoms with E-state index in [9.17, 15) is 13.2 Å². The van der Waals surface area contributed by atoms with Crippen LogP contribution in [0.3, 0.4) is 0 Å². The average molecular weight is 297 g/mol. The lowest BCUT2D eigenvalue weighted by Crippen LogP contribution is -2.40. The molecule has 0 aromatic heterocycles. The van der Waals surface area contributed by atoms with Gasteiger partial charge in [-0.15, -0.1) is 0 Å². The normalized spacial score (nSPS) is 17.4. The van der Waals surface area contributed by atoms with E-state index in [0.29, 0.717) is 12.1 Å². The van der Waals surface area contributed by atoms with Gasteiger partial charge < -0.3 is 5.11 Å². The van der Waals surface area contributed by atoms with Crippen LogP contribution in [-0.2, 0) is 15.8 Å². The highest BCUT2D eigenvalue weighted by molar-refractivity contribution is 7.88. The number of rotatable bonds is 6. The summed E-state index contributed by atoms with van der Waals surface area (Å²) in [5.74, 6) is -1.14. The summed E-state index contributed by atoms with van der Waals surface area (Å²) in [6, 6.07) is 5.91. The van der Waals surface area contributed by atoms with Crippen molar-refractivity contribution in [1.82, 2.24) is 4.72 Å². The Hall–Kier alpha value is -1.40. The third kappa shape index (κ3) is 3.80. The molecule has 0 unspecified atom stereocenters. The van der Waals surface area contributed by atoms with Gasteiger partial charge in [0.25, 0.3) is 0 Å². The zero-order valence-electron chi connectivity index (χ0n) is 11.4. The number of sulfonamides is 1. The zero-order chi connectivity index (χ0) is 14.8. The van der Waals surface area contributed by atoms with E-state index < -0.39 is 16.0 Å². The van der Waals surface area contributed by atoms with Crippen LogP contribution < -0.4 is 4.72 Å². The van der Waals surface area contributed by atoms with E-state index in [1.165, 1.54) is 24.3 Å². The number of benzene rings is 1. The van der Waals surface area contributed by atoms with Gasteiger partial charge in [0.2, 0.25) is 10.0 Å². The Bertz CT molecular complexity index is 588. The minimum absolute atomic E-state index is 0.0975. The van der Waals surface area contributed by atoms with Crippen LogP contribution in [0.1, 0.15) is 42.1 Å². The zero-order valence-corrected chi connectivity index (χ0v) is 12.2. The van der Waals surface area contributed by atoms with Crippen molar-refractivity contribution in [2.75, 3.05) is 6.54 Å². The van der Waals surface area contributed by atoms with Gasteiger partial charge in [-0.2, -0.15) is 0 Å². The lowest BCUT2D eigenvalue weighted by Gasteiger charge is -2.38. The smallest absolute Gasteiger partial charge is 0.335 e. The lowest BCUT2D eigenvalue weighted by atomic mass is 9.71. The lowest BCUT2D eigenvalue weighted by molar-refractivity contribution is 0.0697. The molecule has 0 saturated heterocycles. The predicted octanol–water partition coefficient (Wildman–Crippen LogP) is 1.99. The highest BCUT2D eigenvalue weighted by Gasteiger charge is 2.32. The van der Waals surface area contributed by atoms with Crippen LogP contribution in [-0.4, -0.2) is 26.0 Å². The number of carbonyl (C=O) groups is 1. The van der Waals surface area contributed by atoms with E-state index in [-0.39, 0.29) is 16.7 Å². The first-order valence-electron chi connectivity index (χ1n) is 6.59. The fourth-order valence-electron chi connectivity index (χ4n) is 2.26. The van der Waals surface area contributed by atoms with Crippen molar-refractivity contribution in [2.24, 2.45) is 5.41 Å². The van der Waals surface area contributed by atoms with E-state index in [2.05, 4.69) is 11.6 Å². The number of nitrogens with one attached hydrogen (secondary N) is 1. The predicted molar refractivity (Wildman–Crippen MR) is 76.0 cm³/mol. The highest BCUT2D eigenvalue weighted by Crippen LogP contribution is 2.39. The monoisotopic (exact) mass is 297 g/mol.